The number of anilines is 1. The first-order valence-corrected chi connectivity index (χ1v) is 7.90. The maximum Gasteiger partial charge on any atom is 0.271 e. The van der Waals surface area contributed by atoms with Gasteiger partial charge >= 0.3 is 0 Å². The Bertz CT molecular complexity index is 935. The number of rotatable bonds is 4. The van der Waals surface area contributed by atoms with E-state index >= 15 is 0 Å². The molecule has 0 saturated carbocycles. The minimum Gasteiger partial charge on any atom is -0.495 e. The van der Waals surface area contributed by atoms with Crippen molar-refractivity contribution in [2.45, 2.75) is 6.54 Å². The van der Waals surface area contributed by atoms with Gasteiger partial charge in [-0.25, -0.2) is 4.98 Å². The van der Waals surface area contributed by atoms with Gasteiger partial charge in [0, 0.05) is 5.02 Å². The summed E-state index contributed by atoms with van der Waals surface area (Å²) in [6.45, 7) is -0.144. The van der Waals surface area contributed by atoms with Crippen molar-refractivity contribution in [1.29, 1.82) is 0 Å². The van der Waals surface area contributed by atoms with Crippen LogP contribution in [-0.2, 0) is 11.3 Å². The van der Waals surface area contributed by atoms with Gasteiger partial charge in [-0.05, 0) is 29.6 Å². The number of benzene rings is 1. The molecule has 8 heteroatoms. The summed E-state index contributed by atoms with van der Waals surface area (Å²) in [4.78, 5) is 28.6. The molecule has 2 heterocycles. The number of hydrogen-bond acceptors (Lipinski definition) is 5. The van der Waals surface area contributed by atoms with Crippen molar-refractivity contribution in [1.82, 2.24) is 9.55 Å². The second-order valence-electron chi connectivity index (χ2n) is 4.71. The van der Waals surface area contributed by atoms with Crippen LogP contribution < -0.4 is 15.6 Å². The van der Waals surface area contributed by atoms with Gasteiger partial charge < -0.3 is 10.1 Å². The Morgan fingerprint density at radius 1 is 1.43 bits per heavy atom. The number of carbonyl (C=O) groups excluding carboxylic acids is 1. The van der Waals surface area contributed by atoms with Crippen molar-refractivity contribution in [2.24, 2.45) is 0 Å². The second-order valence-corrected chi connectivity index (χ2v) is 6.06. The van der Waals surface area contributed by atoms with E-state index in [1.807, 2.05) is 0 Å². The Morgan fingerprint density at radius 3 is 3.04 bits per heavy atom. The number of fused-ring (bicyclic) bond motifs is 1. The quantitative estimate of drug-likeness (QED) is 0.786. The number of carbonyl (C=O) groups is 1. The molecule has 0 spiro atoms. The van der Waals surface area contributed by atoms with E-state index < -0.39 is 0 Å². The minimum absolute atomic E-state index is 0.144. The van der Waals surface area contributed by atoms with E-state index in [2.05, 4.69) is 10.3 Å². The second kappa shape index (κ2) is 6.39. The number of thiophene rings is 1. The van der Waals surface area contributed by atoms with Crippen LogP contribution >= 0.6 is 22.9 Å². The van der Waals surface area contributed by atoms with Gasteiger partial charge in [0.15, 0.2) is 0 Å². The van der Waals surface area contributed by atoms with Crippen molar-refractivity contribution in [3.63, 3.8) is 0 Å². The van der Waals surface area contributed by atoms with E-state index in [9.17, 15) is 9.59 Å². The summed E-state index contributed by atoms with van der Waals surface area (Å²) in [5.74, 6) is 0.118. The summed E-state index contributed by atoms with van der Waals surface area (Å²) >= 11 is 7.23. The molecule has 0 atom stereocenters. The van der Waals surface area contributed by atoms with Gasteiger partial charge in [0.1, 0.15) is 17.0 Å². The lowest BCUT2D eigenvalue weighted by Gasteiger charge is -2.11. The monoisotopic (exact) mass is 349 g/mol. The zero-order chi connectivity index (χ0) is 16.4. The maximum absolute atomic E-state index is 12.3. The van der Waals surface area contributed by atoms with Crippen LogP contribution in [0.1, 0.15) is 0 Å². The lowest BCUT2D eigenvalue weighted by molar-refractivity contribution is -0.116. The Hall–Kier alpha value is -2.38. The zero-order valence-electron chi connectivity index (χ0n) is 12.1. The number of halogens is 1. The summed E-state index contributed by atoms with van der Waals surface area (Å²) < 4.78 is 6.97. The highest BCUT2D eigenvalue weighted by atomic mass is 35.5. The molecule has 0 aliphatic rings. The van der Waals surface area contributed by atoms with Gasteiger partial charge in [-0.15, -0.1) is 11.3 Å². The highest BCUT2D eigenvalue weighted by molar-refractivity contribution is 7.17. The number of methoxy groups -OCH3 is 1. The van der Waals surface area contributed by atoms with E-state index in [4.69, 9.17) is 16.3 Å². The fourth-order valence-electron chi connectivity index (χ4n) is 2.11. The number of aromatic nitrogens is 2. The molecule has 0 bridgehead atoms. The number of amides is 1. The molecule has 0 fully saturated rings. The van der Waals surface area contributed by atoms with Crippen LogP contribution in [0.2, 0.25) is 5.02 Å². The first kappa shape index (κ1) is 15.5. The van der Waals surface area contributed by atoms with Crippen molar-refractivity contribution in [3.05, 3.63) is 51.3 Å². The van der Waals surface area contributed by atoms with Crippen molar-refractivity contribution < 1.29 is 9.53 Å². The molecule has 0 aliphatic carbocycles. The van der Waals surface area contributed by atoms with E-state index in [0.717, 1.165) is 0 Å². The summed E-state index contributed by atoms with van der Waals surface area (Å²) in [6, 6.07) is 6.67. The summed E-state index contributed by atoms with van der Waals surface area (Å²) in [6.07, 6.45) is 1.37. The molecule has 3 rings (SSSR count). The van der Waals surface area contributed by atoms with Crippen LogP contribution in [0.15, 0.2) is 40.8 Å². The predicted molar refractivity (Wildman–Crippen MR) is 90.5 cm³/mol. The highest BCUT2D eigenvalue weighted by Gasteiger charge is 2.11. The van der Waals surface area contributed by atoms with Crippen molar-refractivity contribution in [2.75, 3.05) is 12.4 Å². The standard InChI is InChI=1S/C15H12ClN3O3S/c1-22-12-3-2-9(16)6-11(12)18-13(20)7-19-8-17-10-4-5-23-14(10)15(19)21/h2-6,8H,7H2,1H3,(H,18,20). The lowest BCUT2D eigenvalue weighted by Crippen LogP contribution is -2.27. The molecule has 0 saturated heterocycles. The molecule has 0 radical (unpaired) electrons. The Morgan fingerprint density at radius 2 is 2.26 bits per heavy atom. The molecule has 1 aromatic carbocycles. The van der Waals surface area contributed by atoms with Gasteiger partial charge in [0.2, 0.25) is 5.91 Å². The number of ether oxygens (including phenoxy) is 1. The third kappa shape index (κ3) is 3.20. The third-order valence-corrected chi connectivity index (χ3v) is 4.31. The molecule has 0 unspecified atom stereocenters. The Labute approximate surface area is 140 Å². The topological polar surface area (TPSA) is 73.2 Å². The molecule has 1 N–H and O–H groups in total. The van der Waals surface area contributed by atoms with Crippen molar-refractivity contribution >= 4 is 44.7 Å². The molecule has 2 aromatic heterocycles. The normalized spacial score (nSPS) is 10.7. The Balaban J connectivity index is 1.83. The van der Waals surface area contributed by atoms with Gasteiger partial charge in [0.25, 0.3) is 5.56 Å². The minimum atomic E-state index is -0.370. The van der Waals surface area contributed by atoms with Gasteiger partial charge in [-0.2, -0.15) is 0 Å². The highest BCUT2D eigenvalue weighted by Crippen LogP contribution is 2.27. The molecular weight excluding hydrogens is 338 g/mol. The molecule has 0 aliphatic heterocycles. The fourth-order valence-corrected chi connectivity index (χ4v) is 3.08. The first-order valence-electron chi connectivity index (χ1n) is 6.64. The van der Waals surface area contributed by atoms with Crippen molar-refractivity contribution in [3.8, 4) is 5.75 Å². The maximum atomic E-state index is 12.3. The molecule has 3 aromatic rings. The first-order chi connectivity index (χ1) is 11.1. The molecule has 6 nitrogen and oxygen atoms in total. The molecular formula is C15H12ClN3O3S. The smallest absolute Gasteiger partial charge is 0.271 e. The van der Waals surface area contributed by atoms with Gasteiger partial charge in [0.05, 0.1) is 24.6 Å². The molecule has 118 valence electrons. The van der Waals surface area contributed by atoms with E-state index in [0.29, 0.717) is 26.7 Å². The van der Waals surface area contributed by atoms with Crippen LogP contribution in [0.5, 0.6) is 5.75 Å². The average molecular weight is 350 g/mol. The number of nitrogens with zero attached hydrogens (tertiary/aromatic N) is 2. The number of nitrogens with one attached hydrogen (secondary N) is 1. The van der Waals surface area contributed by atoms with E-state index in [1.165, 1.54) is 29.3 Å². The lowest BCUT2D eigenvalue weighted by atomic mass is 10.3. The van der Waals surface area contributed by atoms with Crippen LogP contribution in [0.25, 0.3) is 10.2 Å². The Kier molecular flexibility index (Phi) is 4.31. The predicted octanol–water partition coefficient (Wildman–Crippen LogP) is 2.76. The van der Waals surface area contributed by atoms with E-state index in [1.54, 1.807) is 29.6 Å². The fraction of sp³-hybridized carbons (Fsp3) is 0.133. The van der Waals surface area contributed by atoms with Crippen LogP contribution in [0, 0.1) is 0 Å². The molecule has 23 heavy (non-hydrogen) atoms. The summed E-state index contributed by atoms with van der Waals surface area (Å²) in [7, 11) is 1.50. The van der Waals surface area contributed by atoms with E-state index in [-0.39, 0.29) is 18.0 Å². The number of hydrogen-bond donors (Lipinski definition) is 1. The SMILES string of the molecule is COc1ccc(Cl)cc1NC(=O)Cn1cnc2ccsc2c1=O. The van der Waals surface area contributed by atoms with Crippen LogP contribution in [0.4, 0.5) is 5.69 Å². The summed E-state index contributed by atoms with van der Waals surface area (Å²) in [5.41, 5.74) is 0.842. The van der Waals surface area contributed by atoms with Gasteiger partial charge in [-0.3, -0.25) is 14.2 Å². The summed E-state index contributed by atoms with van der Waals surface area (Å²) in [5, 5.41) is 4.95. The largest absolute Gasteiger partial charge is 0.495 e. The van der Waals surface area contributed by atoms with Crippen LogP contribution in [-0.4, -0.2) is 22.6 Å². The molecule has 1 amide bonds. The van der Waals surface area contributed by atoms with Crippen LogP contribution in [0.3, 0.4) is 0 Å². The third-order valence-electron chi connectivity index (χ3n) is 3.19. The van der Waals surface area contributed by atoms with Gasteiger partial charge in [-0.1, -0.05) is 11.6 Å². The zero-order valence-corrected chi connectivity index (χ0v) is 13.6. The average Bonchev–Trinajstić information content (AvgIpc) is 3.00.